The zero-order valence-electron chi connectivity index (χ0n) is 13.6. The quantitative estimate of drug-likeness (QED) is 0.662. The van der Waals surface area contributed by atoms with Crippen molar-refractivity contribution in [2.45, 2.75) is 6.54 Å². The average molecular weight is 395 g/mol. The lowest BCUT2D eigenvalue weighted by Crippen LogP contribution is -2.41. The van der Waals surface area contributed by atoms with Gasteiger partial charge in [-0.15, -0.1) is 0 Å². The standard InChI is InChI=1S/C17H16Cl2N4O3/c18-11-4-5-13(14(19)7-11)17(26)23-10-16(25)22-9-15(24)21-8-12-3-1-2-6-20-12/h1-7H,8-10H2,(H,21,24)(H,22,25)(H,23,26). The van der Waals surface area contributed by atoms with E-state index in [2.05, 4.69) is 20.9 Å². The van der Waals surface area contributed by atoms with Gasteiger partial charge in [0.2, 0.25) is 11.8 Å². The number of halogens is 2. The Kier molecular flexibility index (Phi) is 7.37. The fourth-order valence-corrected chi connectivity index (χ4v) is 2.42. The second-order valence-corrected chi connectivity index (χ2v) is 6.03. The van der Waals surface area contributed by atoms with Gasteiger partial charge in [0.05, 0.1) is 35.9 Å². The molecule has 0 saturated heterocycles. The number of rotatable bonds is 7. The lowest BCUT2D eigenvalue weighted by molar-refractivity contribution is -0.125. The van der Waals surface area contributed by atoms with E-state index in [0.29, 0.717) is 10.7 Å². The second-order valence-electron chi connectivity index (χ2n) is 5.18. The van der Waals surface area contributed by atoms with Gasteiger partial charge < -0.3 is 16.0 Å². The van der Waals surface area contributed by atoms with Gasteiger partial charge in [-0.3, -0.25) is 19.4 Å². The summed E-state index contributed by atoms with van der Waals surface area (Å²) in [5.41, 5.74) is 0.913. The molecule has 2 rings (SSSR count). The zero-order chi connectivity index (χ0) is 18.9. The van der Waals surface area contributed by atoms with Gasteiger partial charge in [0, 0.05) is 11.2 Å². The third-order valence-corrected chi connectivity index (χ3v) is 3.77. The SMILES string of the molecule is O=C(CNC(=O)CNC(=O)c1ccc(Cl)cc1Cl)NCc1ccccn1. The van der Waals surface area contributed by atoms with Crippen molar-refractivity contribution in [2.24, 2.45) is 0 Å². The van der Waals surface area contributed by atoms with Crippen LogP contribution in [0.2, 0.25) is 10.0 Å². The van der Waals surface area contributed by atoms with Gasteiger partial charge in [0.15, 0.2) is 0 Å². The van der Waals surface area contributed by atoms with Crippen LogP contribution in [0.3, 0.4) is 0 Å². The molecule has 3 amide bonds. The summed E-state index contributed by atoms with van der Waals surface area (Å²) in [4.78, 5) is 39.5. The van der Waals surface area contributed by atoms with Gasteiger partial charge >= 0.3 is 0 Å². The third-order valence-electron chi connectivity index (χ3n) is 3.22. The smallest absolute Gasteiger partial charge is 0.253 e. The summed E-state index contributed by atoms with van der Waals surface area (Å²) >= 11 is 11.7. The van der Waals surface area contributed by atoms with Crippen molar-refractivity contribution in [2.75, 3.05) is 13.1 Å². The molecule has 0 radical (unpaired) electrons. The van der Waals surface area contributed by atoms with Crippen molar-refractivity contribution in [1.82, 2.24) is 20.9 Å². The summed E-state index contributed by atoms with van der Waals surface area (Å²) in [6.07, 6.45) is 1.62. The molecule has 0 unspecified atom stereocenters. The van der Waals surface area contributed by atoms with Crippen LogP contribution in [0, 0.1) is 0 Å². The molecule has 0 aliphatic carbocycles. The normalized spacial score (nSPS) is 10.1. The van der Waals surface area contributed by atoms with Crippen molar-refractivity contribution in [3.63, 3.8) is 0 Å². The fourth-order valence-electron chi connectivity index (χ4n) is 1.93. The Morgan fingerprint density at radius 1 is 0.923 bits per heavy atom. The topological polar surface area (TPSA) is 100 Å². The van der Waals surface area contributed by atoms with E-state index in [1.807, 2.05) is 6.07 Å². The molecular formula is C17H16Cl2N4O3. The van der Waals surface area contributed by atoms with Crippen LogP contribution in [0.25, 0.3) is 0 Å². The number of hydrogen-bond acceptors (Lipinski definition) is 4. The van der Waals surface area contributed by atoms with Crippen LogP contribution in [0.15, 0.2) is 42.6 Å². The highest BCUT2D eigenvalue weighted by Crippen LogP contribution is 2.20. The number of aromatic nitrogens is 1. The molecule has 7 nitrogen and oxygen atoms in total. The molecule has 0 aliphatic heterocycles. The molecule has 0 aliphatic rings. The van der Waals surface area contributed by atoms with Crippen molar-refractivity contribution in [1.29, 1.82) is 0 Å². The Balaban J connectivity index is 1.69. The maximum absolute atomic E-state index is 12.0. The molecular weight excluding hydrogens is 379 g/mol. The largest absolute Gasteiger partial charge is 0.349 e. The molecule has 136 valence electrons. The van der Waals surface area contributed by atoms with E-state index in [4.69, 9.17) is 23.2 Å². The first-order valence-electron chi connectivity index (χ1n) is 7.62. The minimum absolute atomic E-state index is 0.185. The number of amides is 3. The Morgan fingerprint density at radius 3 is 2.35 bits per heavy atom. The predicted octanol–water partition coefficient (Wildman–Crippen LogP) is 1.55. The second kappa shape index (κ2) is 9.74. The molecule has 0 saturated carbocycles. The third kappa shape index (κ3) is 6.34. The van der Waals surface area contributed by atoms with E-state index < -0.39 is 11.8 Å². The Bertz CT molecular complexity index is 800. The van der Waals surface area contributed by atoms with Crippen LogP contribution >= 0.6 is 23.2 Å². The Labute approximate surface area is 160 Å². The highest BCUT2D eigenvalue weighted by molar-refractivity contribution is 6.36. The van der Waals surface area contributed by atoms with Crippen LogP contribution in [-0.2, 0) is 16.1 Å². The molecule has 9 heteroatoms. The van der Waals surface area contributed by atoms with E-state index >= 15 is 0 Å². The van der Waals surface area contributed by atoms with Gasteiger partial charge in [0.25, 0.3) is 5.91 Å². The Hall–Kier alpha value is -2.64. The lowest BCUT2D eigenvalue weighted by Gasteiger charge is -2.08. The van der Waals surface area contributed by atoms with Crippen LogP contribution < -0.4 is 16.0 Å². The number of benzene rings is 1. The number of hydrogen-bond donors (Lipinski definition) is 3. The summed E-state index contributed by atoms with van der Waals surface area (Å²) < 4.78 is 0. The summed E-state index contributed by atoms with van der Waals surface area (Å²) in [5.74, 6) is -1.38. The molecule has 1 heterocycles. The van der Waals surface area contributed by atoms with Gasteiger partial charge in [-0.1, -0.05) is 29.3 Å². The highest BCUT2D eigenvalue weighted by Gasteiger charge is 2.12. The molecule has 0 atom stereocenters. The number of pyridine rings is 1. The zero-order valence-corrected chi connectivity index (χ0v) is 15.1. The molecule has 0 spiro atoms. The van der Waals surface area contributed by atoms with E-state index in [1.54, 1.807) is 18.3 Å². The van der Waals surface area contributed by atoms with E-state index in [1.165, 1.54) is 18.2 Å². The van der Waals surface area contributed by atoms with Crippen LogP contribution in [-0.4, -0.2) is 35.8 Å². The first-order valence-corrected chi connectivity index (χ1v) is 8.38. The van der Waals surface area contributed by atoms with E-state index in [-0.39, 0.29) is 36.1 Å². The van der Waals surface area contributed by atoms with Crippen LogP contribution in [0.5, 0.6) is 0 Å². The number of nitrogens with one attached hydrogen (secondary N) is 3. The summed E-state index contributed by atoms with van der Waals surface area (Å²) in [6, 6.07) is 9.78. The molecule has 2 aromatic rings. The van der Waals surface area contributed by atoms with Gasteiger partial charge in [-0.05, 0) is 30.3 Å². The van der Waals surface area contributed by atoms with Gasteiger partial charge in [0.1, 0.15) is 0 Å². The van der Waals surface area contributed by atoms with E-state index in [9.17, 15) is 14.4 Å². The molecule has 3 N–H and O–H groups in total. The van der Waals surface area contributed by atoms with E-state index in [0.717, 1.165) is 0 Å². The molecule has 0 bridgehead atoms. The van der Waals surface area contributed by atoms with Crippen LogP contribution in [0.4, 0.5) is 0 Å². The maximum atomic E-state index is 12.0. The first kappa shape index (κ1) is 19.7. The van der Waals surface area contributed by atoms with Gasteiger partial charge in [-0.2, -0.15) is 0 Å². The predicted molar refractivity (Wildman–Crippen MR) is 97.9 cm³/mol. The summed E-state index contributed by atoms with van der Waals surface area (Å²) in [5, 5.41) is 8.04. The molecule has 1 aromatic heterocycles. The number of carbonyl (C=O) groups excluding carboxylic acids is 3. The molecule has 26 heavy (non-hydrogen) atoms. The number of carbonyl (C=O) groups is 3. The fraction of sp³-hybridized carbons (Fsp3) is 0.176. The molecule has 0 fully saturated rings. The number of nitrogens with zero attached hydrogens (tertiary/aromatic N) is 1. The summed E-state index contributed by atoms with van der Waals surface area (Å²) in [6.45, 7) is -0.226. The monoisotopic (exact) mass is 394 g/mol. The van der Waals surface area contributed by atoms with Gasteiger partial charge in [-0.25, -0.2) is 0 Å². The van der Waals surface area contributed by atoms with Crippen molar-refractivity contribution in [3.8, 4) is 0 Å². The lowest BCUT2D eigenvalue weighted by atomic mass is 10.2. The maximum Gasteiger partial charge on any atom is 0.253 e. The Morgan fingerprint density at radius 2 is 1.65 bits per heavy atom. The van der Waals surface area contributed by atoms with Crippen LogP contribution in [0.1, 0.15) is 16.1 Å². The minimum Gasteiger partial charge on any atom is -0.349 e. The highest BCUT2D eigenvalue weighted by atomic mass is 35.5. The molecule has 1 aromatic carbocycles. The summed E-state index contributed by atoms with van der Waals surface area (Å²) in [7, 11) is 0. The van der Waals surface area contributed by atoms with Crippen molar-refractivity contribution in [3.05, 3.63) is 63.9 Å². The minimum atomic E-state index is -0.513. The first-order chi connectivity index (χ1) is 12.5. The van der Waals surface area contributed by atoms with Crippen molar-refractivity contribution >= 4 is 40.9 Å². The average Bonchev–Trinajstić information content (AvgIpc) is 2.63. The van der Waals surface area contributed by atoms with Crippen molar-refractivity contribution < 1.29 is 14.4 Å².